The minimum absolute atomic E-state index is 0.00902. The van der Waals surface area contributed by atoms with Gasteiger partial charge in [-0.3, -0.25) is 19.2 Å². The average molecular weight is 445 g/mol. The van der Waals surface area contributed by atoms with Crippen LogP contribution in [0.2, 0.25) is 0 Å². The van der Waals surface area contributed by atoms with Crippen molar-refractivity contribution in [2.45, 2.75) is 44.0 Å². The van der Waals surface area contributed by atoms with E-state index in [0.29, 0.717) is 17.9 Å². The van der Waals surface area contributed by atoms with Gasteiger partial charge in [0.15, 0.2) is 0 Å². The third kappa shape index (κ3) is 8.80. The van der Waals surface area contributed by atoms with Crippen molar-refractivity contribution in [3.8, 4) is 0 Å². The molecule has 4 unspecified atom stereocenters. The first-order valence-electron chi connectivity index (χ1n) is 9.15. The molecule has 1 aromatic heterocycles. The number of thioether (sulfide) groups is 1. The Kier molecular flexibility index (Phi) is 10.9. The van der Waals surface area contributed by atoms with Crippen molar-refractivity contribution in [3.63, 3.8) is 0 Å². The fourth-order valence-corrected chi connectivity index (χ4v) is 2.90. The SMILES string of the molecule is CSCCC(N)C(=O)NC(C(=O)NC(Cc1cnc[nH]1)C(=O)NCC(=O)O)C(C)O. The van der Waals surface area contributed by atoms with Gasteiger partial charge in [-0.05, 0) is 25.4 Å². The van der Waals surface area contributed by atoms with Crippen LogP contribution in [0.4, 0.5) is 0 Å². The second kappa shape index (κ2) is 12.8. The summed E-state index contributed by atoms with van der Waals surface area (Å²) >= 11 is 1.52. The van der Waals surface area contributed by atoms with E-state index in [1.54, 1.807) is 0 Å². The largest absolute Gasteiger partial charge is 0.480 e. The first-order chi connectivity index (χ1) is 14.1. The molecule has 1 heterocycles. The molecule has 0 fully saturated rings. The highest BCUT2D eigenvalue weighted by atomic mass is 32.2. The lowest BCUT2D eigenvalue weighted by Crippen LogP contribution is -2.59. The molecular formula is C17H28N6O6S. The van der Waals surface area contributed by atoms with E-state index in [1.807, 2.05) is 6.26 Å². The van der Waals surface area contributed by atoms with Gasteiger partial charge in [0.05, 0.1) is 18.5 Å². The molecule has 0 spiro atoms. The summed E-state index contributed by atoms with van der Waals surface area (Å²) < 4.78 is 0. The number of carboxylic acid groups (broad SMARTS) is 1. The molecule has 4 atom stereocenters. The van der Waals surface area contributed by atoms with Crippen molar-refractivity contribution < 1.29 is 29.4 Å². The fraction of sp³-hybridized carbons (Fsp3) is 0.588. The van der Waals surface area contributed by atoms with Crippen molar-refractivity contribution in [2.24, 2.45) is 5.73 Å². The van der Waals surface area contributed by atoms with Crippen LogP contribution < -0.4 is 21.7 Å². The number of aliphatic hydroxyl groups is 1. The van der Waals surface area contributed by atoms with Crippen molar-refractivity contribution in [2.75, 3.05) is 18.6 Å². The van der Waals surface area contributed by atoms with Crippen molar-refractivity contribution in [1.82, 2.24) is 25.9 Å². The van der Waals surface area contributed by atoms with Crippen LogP contribution in [0.5, 0.6) is 0 Å². The molecule has 0 bridgehead atoms. The van der Waals surface area contributed by atoms with Crippen LogP contribution in [-0.2, 0) is 25.6 Å². The molecule has 0 saturated carbocycles. The normalized spacial score (nSPS) is 14.8. The summed E-state index contributed by atoms with van der Waals surface area (Å²) in [6, 6.07) is -3.37. The number of hydrogen-bond acceptors (Lipinski definition) is 8. The molecule has 30 heavy (non-hydrogen) atoms. The number of aromatic nitrogens is 2. The molecule has 13 heteroatoms. The van der Waals surface area contributed by atoms with E-state index in [9.17, 15) is 24.3 Å². The second-order valence-corrected chi connectivity index (χ2v) is 7.55. The number of nitrogens with zero attached hydrogens (tertiary/aromatic N) is 1. The monoisotopic (exact) mass is 444 g/mol. The first kappa shape index (κ1) is 25.4. The molecule has 0 aliphatic heterocycles. The highest BCUT2D eigenvalue weighted by Gasteiger charge is 2.31. The zero-order chi connectivity index (χ0) is 22.7. The molecule has 0 radical (unpaired) electrons. The van der Waals surface area contributed by atoms with Gasteiger partial charge in [0.25, 0.3) is 0 Å². The molecule has 3 amide bonds. The van der Waals surface area contributed by atoms with Gasteiger partial charge in [-0.1, -0.05) is 0 Å². The molecule has 0 aliphatic carbocycles. The molecule has 12 nitrogen and oxygen atoms in total. The maximum atomic E-state index is 12.7. The number of hydrogen-bond donors (Lipinski definition) is 7. The number of rotatable bonds is 13. The van der Waals surface area contributed by atoms with Gasteiger partial charge in [0.1, 0.15) is 18.6 Å². The summed E-state index contributed by atoms with van der Waals surface area (Å²) in [5.41, 5.74) is 6.31. The van der Waals surface area contributed by atoms with Gasteiger partial charge in [-0.15, -0.1) is 0 Å². The Balaban J connectivity index is 2.86. The van der Waals surface area contributed by atoms with Gasteiger partial charge in [-0.25, -0.2) is 4.98 Å². The maximum Gasteiger partial charge on any atom is 0.322 e. The third-order valence-electron chi connectivity index (χ3n) is 4.06. The number of carboxylic acids is 1. The number of nitrogens with two attached hydrogens (primary N) is 1. The van der Waals surface area contributed by atoms with E-state index in [-0.39, 0.29) is 6.42 Å². The predicted molar refractivity (Wildman–Crippen MR) is 109 cm³/mol. The number of aromatic amines is 1. The minimum atomic E-state index is -1.35. The number of H-pyrrole nitrogens is 1. The smallest absolute Gasteiger partial charge is 0.322 e. The summed E-state index contributed by atoms with van der Waals surface area (Å²) in [7, 11) is 0. The topological polar surface area (TPSA) is 200 Å². The Morgan fingerprint density at radius 2 is 1.93 bits per heavy atom. The Bertz CT molecular complexity index is 714. The van der Waals surface area contributed by atoms with Gasteiger partial charge < -0.3 is 36.9 Å². The summed E-state index contributed by atoms with van der Waals surface area (Å²) in [5.74, 6) is -2.76. The number of aliphatic carboxylic acids is 1. The summed E-state index contributed by atoms with van der Waals surface area (Å²) in [6.45, 7) is 0.682. The van der Waals surface area contributed by atoms with Crippen LogP contribution in [0.3, 0.4) is 0 Å². The standard InChI is InChI=1S/C17H28N6O6S/c1-9(24)14(23-15(27)11(18)3-4-30-2)17(29)22-12(5-10-6-19-8-21-10)16(28)20-7-13(25)26/h6,8-9,11-12,14,24H,3-5,7,18H2,1-2H3,(H,19,21)(H,20,28)(H,22,29)(H,23,27)(H,25,26). The van der Waals surface area contributed by atoms with E-state index >= 15 is 0 Å². The van der Waals surface area contributed by atoms with Crippen molar-refractivity contribution >= 4 is 35.5 Å². The second-order valence-electron chi connectivity index (χ2n) is 6.57. The first-order valence-corrected chi connectivity index (χ1v) is 10.5. The maximum absolute atomic E-state index is 12.7. The van der Waals surface area contributed by atoms with Crippen LogP contribution in [0.15, 0.2) is 12.5 Å². The number of amides is 3. The lowest BCUT2D eigenvalue weighted by atomic mass is 10.1. The molecular weight excluding hydrogens is 416 g/mol. The van der Waals surface area contributed by atoms with E-state index in [1.165, 1.54) is 31.2 Å². The van der Waals surface area contributed by atoms with Gasteiger partial charge in [-0.2, -0.15) is 11.8 Å². The van der Waals surface area contributed by atoms with Crippen LogP contribution in [0, 0.1) is 0 Å². The molecule has 0 aliphatic rings. The number of carbonyl (C=O) groups excluding carboxylic acids is 3. The third-order valence-corrected chi connectivity index (χ3v) is 4.70. The summed E-state index contributed by atoms with van der Waals surface area (Å²) in [6.07, 6.45) is 3.81. The van der Waals surface area contributed by atoms with Gasteiger partial charge >= 0.3 is 5.97 Å². The number of aliphatic hydroxyl groups excluding tert-OH is 1. The van der Waals surface area contributed by atoms with Crippen molar-refractivity contribution in [3.05, 3.63) is 18.2 Å². The lowest BCUT2D eigenvalue weighted by Gasteiger charge is -2.25. The van der Waals surface area contributed by atoms with E-state index in [2.05, 4.69) is 25.9 Å². The van der Waals surface area contributed by atoms with Crippen LogP contribution in [-0.4, -0.2) is 86.7 Å². The van der Waals surface area contributed by atoms with E-state index < -0.39 is 54.5 Å². The fourth-order valence-electron chi connectivity index (χ4n) is 2.41. The number of imidazole rings is 1. The molecule has 0 aromatic carbocycles. The molecule has 0 saturated heterocycles. The Morgan fingerprint density at radius 3 is 2.47 bits per heavy atom. The number of nitrogens with one attached hydrogen (secondary N) is 4. The zero-order valence-corrected chi connectivity index (χ0v) is 17.6. The molecule has 168 valence electrons. The lowest BCUT2D eigenvalue weighted by molar-refractivity contribution is -0.138. The molecule has 1 rings (SSSR count). The van der Waals surface area contributed by atoms with E-state index in [4.69, 9.17) is 10.8 Å². The predicted octanol–water partition coefficient (Wildman–Crippen LogP) is -2.42. The highest BCUT2D eigenvalue weighted by molar-refractivity contribution is 7.98. The molecule has 8 N–H and O–H groups in total. The Hall–Kier alpha value is -2.64. The van der Waals surface area contributed by atoms with Crippen LogP contribution in [0.25, 0.3) is 0 Å². The van der Waals surface area contributed by atoms with E-state index in [0.717, 1.165) is 0 Å². The van der Waals surface area contributed by atoms with Gasteiger partial charge in [0.2, 0.25) is 17.7 Å². The molecule has 1 aromatic rings. The minimum Gasteiger partial charge on any atom is -0.480 e. The quantitative estimate of drug-likeness (QED) is 0.173. The van der Waals surface area contributed by atoms with Crippen molar-refractivity contribution in [1.29, 1.82) is 0 Å². The zero-order valence-electron chi connectivity index (χ0n) is 16.8. The van der Waals surface area contributed by atoms with Crippen LogP contribution >= 0.6 is 11.8 Å². The highest BCUT2D eigenvalue weighted by Crippen LogP contribution is 2.03. The Labute approximate surface area is 177 Å². The Morgan fingerprint density at radius 1 is 1.23 bits per heavy atom. The van der Waals surface area contributed by atoms with Crippen LogP contribution in [0.1, 0.15) is 19.0 Å². The summed E-state index contributed by atoms with van der Waals surface area (Å²) in [4.78, 5) is 54.6. The number of carbonyl (C=O) groups is 4. The summed E-state index contributed by atoms with van der Waals surface area (Å²) in [5, 5.41) is 25.7. The average Bonchev–Trinajstić information content (AvgIpc) is 3.20. The van der Waals surface area contributed by atoms with Gasteiger partial charge in [0, 0.05) is 18.3 Å².